The average Bonchev–Trinajstić information content (AvgIpc) is 2.47. The first-order valence-electron chi connectivity index (χ1n) is 7.63. The monoisotopic (exact) mass is 261 g/mol. The summed E-state index contributed by atoms with van der Waals surface area (Å²) >= 11 is 0. The molecule has 19 heavy (non-hydrogen) atoms. The minimum Gasteiger partial charge on any atom is -0.496 e. The van der Waals surface area contributed by atoms with Gasteiger partial charge in [0.15, 0.2) is 0 Å². The van der Waals surface area contributed by atoms with Crippen LogP contribution in [0.4, 0.5) is 0 Å². The largest absolute Gasteiger partial charge is 0.496 e. The zero-order valence-corrected chi connectivity index (χ0v) is 12.5. The highest BCUT2D eigenvalue weighted by Gasteiger charge is 2.22. The molecule has 1 aromatic carbocycles. The fraction of sp³-hybridized carbons (Fsp3) is 0.647. The van der Waals surface area contributed by atoms with Crippen molar-refractivity contribution < 1.29 is 4.74 Å². The molecule has 1 aliphatic carbocycles. The molecule has 0 saturated heterocycles. The Kier molecular flexibility index (Phi) is 5.26. The SMILES string of the molecule is CCC1CCCC(NC(C)c2ccccc2OC)C1. The Balaban J connectivity index is 1.98. The molecule has 2 heteroatoms. The van der Waals surface area contributed by atoms with Gasteiger partial charge in [0.05, 0.1) is 7.11 Å². The number of hydrogen-bond donors (Lipinski definition) is 1. The molecule has 1 N–H and O–H groups in total. The number of para-hydroxylation sites is 1. The second kappa shape index (κ2) is 6.95. The molecule has 0 bridgehead atoms. The molecule has 0 aliphatic heterocycles. The van der Waals surface area contributed by atoms with Crippen LogP contribution in [0.15, 0.2) is 24.3 Å². The maximum Gasteiger partial charge on any atom is 0.123 e. The minimum atomic E-state index is 0.358. The molecule has 0 radical (unpaired) electrons. The second-order valence-electron chi connectivity index (χ2n) is 5.77. The van der Waals surface area contributed by atoms with Crippen molar-refractivity contribution in [2.75, 3.05) is 7.11 Å². The molecule has 3 atom stereocenters. The highest BCUT2D eigenvalue weighted by molar-refractivity contribution is 5.35. The lowest BCUT2D eigenvalue weighted by molar-refractivity contribution is 0.264. The molecule has 106 valence electrons. The molecular weight excluding hydrogens is 234 g/mol. The van der Waals surface area contributed by atoms with E-state index in [0.29, 0.717) is 12.1 Å². The van der Waals surface area contributed by atoms with Crippen LogP contribution in [0.5, 0.6) is 5.75 Å². The first kappa shape index (κ1) is 14.4. The highest BCUT2D eigenvalue weighted by Crippen LogP contribution is 2.30. The fourth-order valence-corrected chi connectivity index (χ4v) is 3.28. The van der Waals surface area contributed by atoms with Crippen LogP contribution in [-0.2, 0) is 0 Å². The smallest absolute Gasteiger partial charge is 0.123 e. The summed E-state index contributed by atoms with van der Waals surface area (Å²) in [6.45, 7) is 4.56. The summed E-state index contributed by atoms with van der Waals surface area (Å²) in [5.74, 6) is 1.90. The summed E-state index contributed by atoms with van der Waals surface area (Å²) in [5, 5.41) is 3.79. The van der Waals surface area contributed by atoms with Gasteiger partial charge in [-0.3, -0.25) is 0 Å². The van der Waals surface area contributed by atoms with Crippen molar-refractivity contribution in [3.63, 3.8) is 0 Å². The van der Waals surface area contributed by atoms with Gasteiger partial charge >= 0.3 is 0 Å². The molecule has 0 amide bonds. The predicted octanol–water partition coefficient (Wildman–Crippen LogP) is 4.31. The van der Waals surface area contributed by atoms with Gasteiger partial charge in [-0.15, -0.1) is 0 Å². The molecular formula is C17H27NO. The first-order chi connectivity index (χ1) is 9.24. The second-order valence-corrected chi connectivity index (χ2v) is 5.77. The van der Waals surface area contributed by atoms with E-state index in [1.54, 1.807) is 7.11 Å². The number of nitrogens with one attached hydrogen (secondary N) is 1. The molecule has 2 nitrogen and oxygen atoms in total. The zero-order chi connectivity index (χ0) is 13.7. The van der Waals surface area contributed by atoms with Gasteiger partial charge in [0, 0.05) is 17.6 Å². The molecule has 1 saturated carbocycles. The highest BCUT2D eigenvalue weighted by atomic mass is 16.5. The molecule has 0 aromatic heterocycles. The Morgan fingerprint density at radius 3 is 2.84 bits per heavy atom. The number of rotatable bonds is 5. The van der Waals surface area contributed by atoms with E-state index in [1.165, 1.54) is 37.7 Å². The lowest BCUT2D eigenvalue weighted by atomic mass is 9.84. The van der Waals surface area contributed by atoms with Crippen molar-refractivity contribution in [3.8, 4) is 5.75 Å². The normalized spacial score (nSPS) is 25.0. The standard InChI is InChI=1S/C17H27NO/c1-4-14-8-7-9-15(12-14)18-13(2)16-10-5-6-11-17(16)19-3/h5-6,10-11,13-15,18H,4,7-9,12H2,1-3H3. The van der Waals surface area contributed by atoms with Crippen molar-refractivity contribution in [1.29, 1.82) is 0 Å². The first-order valence-corrected chi connectivity index (χ1v) is 7.63. The maximum absolute atomic E-state index is 5.46. The molecule has 1 aromatic rings. The Morgan fingerprint density at radius 2 is 2.11 bits per heavy atom. The average molecular weight is 261 g/mol. The fourth-order valence-electron chi connectivity index (χ4n) is 3.28. The Morgan fingerprint density at radius 1 is 1.32 bits per heavy atom. The summed E-state index contributed by atoms with van der Waals surface area (Å²) in [7, 11) is 1.75. The van der Waals surface area contributed by atoms with Crippen LogP contribution in [-0.4, -0.2) is 13.2 Å². The van der Waals surface area contributed by atoms with E-state index >= 15 is 0 Å². The molecule has 1 fully saturated rings. The van der Waals surface area contributed by atoms with Gasteiger partial charge in [0.1, 0.15) is 5.75 Å². The number of ether oxygens (including phenoxy) is 1. The zero-order valence-electron chi connectivity index (χ0n) is 12.5. The lowest BCUT2D eigenvalue weighted by Crippen LogP contribution is -2.35. The van der Waals surface area contributed by atoms with Crippen LogP contribution >= 0.6 is 0 Å². The van der Waals surface area contributed by atoms with Crippen LogP contribution in [0.1, 0.15) is 57.6 Å². The van der Waals surface area contributed by atoms with Crippen molar-refractivity contribution in [3.05, 3.63) is 29.8 Å². The summed E-state index contributed by atoms with van der Waals surface area (Å²) in [6.07, 6.45) is 6.75. The summed E-state index contributed by atoms with van der Waals surface area (Å²) in [5.41, 5.74) is 1.27. The third-order valence-corrected chi connectivity index (χ3v) is 4.45. The van der Waals surface area contributed by atoms with Crippen molar-refractivity contribution >= 4 is 0 Å². The minimum absolute atomic E-state index is 0.358. The van der Waals surface area contributed by atoms with E-state index in [4.69, 9.17) is 4.74 Å². The predicted molar refractivity (Wildman–Crippen MR) is 80.6 cm³/mol. The van der Waals surface area contributed by atoms with E-state index in [-0.39, 0.29) is 0 Å². The van der Waals surface area contributed by atoms with Gasteiger partial charge in [0.2, 0.25) is 0 Å². The number of benzene rings is 1. The van der Waals surface area contributed by atoms with Crippen LogP contribution in [0, 0.1) is 5.92 Å². The van der Waals surface area contributed by atoms with Crippen LogP contribution in [0.3, 0.4) is 0 Å². The lowest BCUT2D eigenvalue weighted by Gasteiger charge is -2.32. The third kappa shape index (κ3) is 3.73. The molecule has 3 unspecified atom stereocenters. The van der Waals surface area contributed by atoms with Gasteiger partial charge in [-0.05, 0) is 31.7 Å². The van der Waals surface area contributed by atoms with E-state index in [9.17, 15) is 0 Å². The Hall–Kier alpha value is -1.02. The van der Waals surface area contributed by atoms with Gasteiger partial charge in [0.25, 0.3) is 0 Å². The van der Waals surface area contributed by atoms with Crippen molar-refractivity contribution in [1.82, 2.24) is 5.32 Å². The van der Waals surface area contributed by atoms with Gasteiger partial charge in [-0.25, -0.2) is 0 Å². The topological polar surface area (TPSA) is 21.3 Å². The van der Waals surface area contributed by atoms with E-state index in [1.807, 2.05) is 12.1 Å². The van der Waals surface area contributed by atoms with Crippen LogP contribution in [0.25, 0.3) is 0 Å². The van der Waals surface area contributed by atoms with Crippen LogP contribution in [0.2, 0.25) is 0 Å². The number of hydrogen-bond acceptors (Lipinski definition) is 2. The number of methoxy groups -OCH3 is 1. The van der Waals surface area contributed by atoms with E-state index in [0.717, 1.165) is 11.7 Å². The summed E-state index contributed by atoms with van der Waals surface area (Å²) in [4.78, 5) is 0. The maximum atomic E-state index is 5.46. The summed E-state index contributed by atoms with van der Waals surface area (Å²) in [6, 6.07) is 9.35. The summed E-state index contributed by atoms with van der Waals surface area (Å²) < 4.78 is 5.46. The Bertz CT molecular complexity index is 391. The third-order valence-electron chi connectivity index (χ3n) is 4.45. The van der Waals surface area contributed by atoms with Gasteiger partial charge < -0.3 is 10.1 Å². The van der Waals surface area contributed by atoms with E-state index < -0.39 is 0 Å². The molecule has 0 spiro atoms. The van der Waals surface area contributed by atoms with Gasteiger partial charge in [-0.2, -0.15) is 0 Å². The molecule has 1 aliphatic rings. The van der Waals surface area contributed by atoms with Crippen molar-refractivity contribution in [2.45, 2.75) is 58.0 Å². The van der Waals surface area contributed by atoms with E-state index in [2.05, 4.69) is 31.3 Å². The molecule has 2 rings (SSSR count). The van der Waals surface area contributed by atoms with Crippen LogP contribution < -0.4 is 10.1 Å². The quantitative estimate of drug-likeness (QED) is 0.852. The molecule has 0 heterocycles. The van der Waals surface area contributed by atoms with Gasteiger partial charge in [-0.1, -0.05) is 44.4 Å². The van der Waals surface area contributed by atoms with Crippen molar-refractivity contribution in [2.24, 2.45) is 5.92 Å². The Labute approximate surface area is 117 Å².